The molecule has 0 bridgehead atoms. The Hall–Kier alpha value is -1.15. The van der Waals surface area contributed by atoms with Gasteiger partial charge in [-0.2, -0.15) is 0 Å². The molecule has 138 valence electrons. The van der Waals surface area contributed by atoms with E-state index in [0.29, 0.717) is 5.92 Å². The molecule has 0 radical (unpaired) electrons. The van der Waals surface area contributed by atoms with Crippen LogP contribution < -0.4 is 10.6 Å². The van der Waals surface area contributed by atoms with Crippen molar-refractivity contribution in [3.63, 3.8) is 0 Å². The molecule has 1 heterocycles. The molecule has 1 aromatic heterocycles. The van der Waals surface area contributed by atoms with E-state index < -0.39 is 0 Å². The second-order valence-corrected chi connectivity index (χ2v) is 7.13. The van der Waals surface area contributed by atoms with Crippen LogP contribution in [0.25, 0.3) is 0 Å². The van der Waals surface area contributed by atoms with Crippen LogP contribution in [0.1, 0.15) is 41.6 Å². The molecule has 2 aromatic rings. The van der Waals surface area contributed by atoms with Crippen molar-refractivity contribution in [1.29, 1.82) is 0 Å². The molecule has 0 spiro atoms. The summed E-state index contributed by atoms with van der Waals surface area (Å²) >= 11 is 1.70. The number of guanidine groups is 1. The lowest BCUT2D eigenvalue weighted by Crippen LogP contribution is -2.38. The van der Waals surface area contributed by atoms with Crippen molar-refractivity contribution in [2.24, 2.45) is 4.99 Å². The van der Waals surface area contributed by atoms with Gasteiger partial charge >= 0.3 is 0 Å². The van der Waals surface area contributed by atoms with E-state index in [1.165, 1.54) is 11.1 Å². The predicted octanol–water partition coefficient (Wildman–Crippen LogP) is 4.28. The molecule has 1 atom stereocenters. The number of hydrogen-bond donors (Lipinski definition) is 2. The molecule has 0 saturated heterocycles. The molecule has 0 aliphatic rings. The van der Waals surface area contributed by atoms with Gasteiger partial charge in [0.05, 0.1) is 10.7 Å². The smallest absolute Gasteiger partial charge is 0.191 e. The SMILES string of the molecule is CCNC(=NCC(C)c1cccc(C)c1)NCCc1csc(C)n1.I. The van der Waals surface area contributed by atoms with Crippen molar-refractivity contribution in [1.82, 2.24) is 15.6 Å². The first-order valence-corrected chi connectivity index (χ1v) is 9.46. The predicted molar refractivity (Wildman–Crippen MR) is 120 cm³/mol. The Balaban J connectivity index is 0.00000312. The van der Waals surface area contributed by atoms with Crippen LogP contribution in [-0.2, 0) is 6.42 Å². The van der Waals surface area contributed by atoms with Crippen molar-refractivity contribution in [3.05, 3.63) is 51.5 Å². The van der Waals surface area contributed by atoms with Gasteiger partial charge in [0.15, 0.2) is 5.96 Å². The first-order valence-electron chi connectivity index (χ1n) is 8.58. The molecule has 2 N–H and O–H groups in total. The van der Waals surface area contributed by atoms with Crippen molar-refractivity contribution in [2.45, 2.75) is 40.0 Å². The van der Waals surface area contributed by atoms with E-state index in [1.807, 2.05) is 6.92 Å². The largest absolute Gasteiger partial charge is 0.357 e. The Morgan fingerprint density at radius 3 is 2.72 bits per heavy atom. The van der Waals surface area contributed by atoms with Gasteiger partial charge in [-0.3, -0.25) is 4.99 Å². The quantitative estimate of drug-likeness (QED) is 0.359. The number of nitrogens with one attached hydrogen (secondary N) is 2. The minimum atomic E-state index is 0. The average molecular weight is 472 g/mol. The van der Waals surface area contributed by atoms with E-state index in [2.05, 4.69) is 66.0 Å². The van der Waals surface area contributed by atoms with E-state index in [4.69, 9.17) is 4.99 Å². The van der Waals surface area contributed by atoms with Gasteiger partial charge in [0.25, 0.3) is 0 Å². The molecule has 0 aliphatic heterocycles. The Kier molecular flexibility index (Phi) is 10.0. The Labute approximate surface area is 172 Å². The highest BCUT2D eigenvalue weighted by atomic mass is 127. The molecule has 4 nitrogen and oxygen atoms in total. The molecule has 1 aromatic carbocycles. The van der Waals surface area contributed by atoms with Crippen LogP contribution in [0.15, 0.2) is 34.6 Å². The van der Waals surface area contributed by atoms with E-state index in [9.17, 15) is 0 Å². The lowest BCUT2D eigenvalue weighted by Gasteiger charge is -2.14. The van der Waals surface area contributed by atoms with E-state index in [0.717, 1.165) is 42.7 Å². The van der Waals surface area contributed by atoms with Crippen LogP contribution in [0.5, 0.6) is 0 Å². The molecular weight excluding hydrogens is 443 g/mol. The molecule has 0 amide bonds. The summed E-state index contributed by atoms with van der Waals surface area (Å²) in [6.07, 6.45) is 0.919. The number of hydrogen-bond acceptors (Lipinski definition) is 3. The Bertz CT molecular complexity index is 669. The fraction of sp³-hybridized carbons (Fsp3) is 0.474. The maximum atomic E-state index is 4.73. The fourth-order valence-electron chi connectivity index (χ4n) is 2.48. The summed E-state index contributed by atoms with van der Waals surface area (Å²) in [6, 6.07) is 8.67. The minimum Gasteiger partial charge on any atom is -0.357 e. The lowest BCUT2D eigenvalue weighted by molar-refractivity contribution is 0.743. The van der Waals surface area contributed by atoms with E-state index in [-0.39, 0.29) is 24.0 Å². The maximum absolute atomic E-state index is 4.73. The summed E-state index contributed by atoms with van der Waals surface area (Å²) in [5.74, 6) is 1.28. The average Bonchev–Trinajstić information content (AvgIpc) is 2.97. The zero-order valence-electron chi connectivity index (χ0n) is 15.5. The van der Waals surface area contributed by atoms with Gasteiger partial charge in [0.1, 0.15) is 0 Å². The number of halogens is 1. The fourth-order valence-corrected chi connectivity index (χ4v) is 3.13. The molecule has 25 heavy (non-hydrogen) atoms. The third kappa shape index (κ3) is 7.73. The van der Waals surface area contributed by atoms with Crippen LogP contribution in [0.4, 0.5) is 0 Å². The summed E-state index contributed by atoms with van der Waals surface area (Å²) in [4.78, 5) is 9.23. The summed E-state index contributed by atoms with van der Waals surface area (Å²) in [7, 11) is 0. The topological polar surface area (TPSA) is 49.3 Å². The summed E-state index contributed by atoms with van der Waals surface area (Å²) in [5.41, 5.74) is 3.79. The van der Waals surface area contributed by atoms with Crippen LogP contribution in [-0.4, -0.2) is 30.6 Å². The van der Waals surface area contributed by atoms with Gasteiger partial charge in [-0.1, -0.05) is 36.8 Å². The number of rotatable bonds is 7. The Morgan fingerprint density at radius 2 is 2.08 bits per heavy atom. The van der Waals surface area contributed by atoms with Crippen molar-refractivity contribution in [3.8, 4) is 0 Å². The highest BCUT2D eigenvalue weighted by Gasteiger charge is 2.06. The third-order valence-corrected chi connectivity index (χ3v) is 4.64. The minimum absolute atomic E-state index is 0. The van der Waals surface area contributed by atoms with Gasteiger partial charge in [-0.05, 0) is 26.3 Å². The van der Waals surface area contributed by atoms with Crippen LogP contribution >= 0.6 is 35.3 Å². The molecule has 0 saturated carbocycles. The number of aryl methyl sites for hydroxylation is 2. The number of nitrogens with zero attached hydrogens (tertiary/aromatic N) is 2. The van der Waals surface area contributed by atoms with Crippen LogP contribution in [0, 0.1) is 13.8 Å². The highest BCUT2D eigenvalue weighted by Crippen LogP contribution is 2.16. The molecule has 2 rings (SSSR count). The standard InChI is InChI=1S/C19H28N4S.HI/c1-5-20-19(21-10-9-18-13-24-16(4)23-18)22-12-15(3)17-8-6-7-14(2)11-17;/h6-8,11,13,15H,5,9-10,12H2,1-4H3,(H2,20,21,22);1H. The number of benzene rings is 1. The number of aliphatic imine (C=N–C) groups is 1. The number of thiazole rings is 1. The summed E-state index contributed by atoms with van der Waals surface area (Å²) in [6.45, 7) is 11.0. The Morgan fingerprint density at radius 1 is 1.28 bits per heavy atom. The highest BCUT2D eigenvalue weighted by molar-refractivity contribution is 14.0. The molecular formula is C19H29IN4S. The van der Waals surface area contributed by atoms with Crippen LogP contribution in [0.3, 0.4) is 0 Å². The zero-order chi connectivity index (χ0) is 17.4. The monoisotopic (exact) mass is 472 g/mol. The zero-order valence-corrected chi connectivity index (χ0v) is 18.7. The van der Waals surface area contributed by atoms with Crippen molar-refractivity contribution >= 4 is 41.3 Å². The third-order valence-electron chi connectivity index (χ3n) is 3.82. The normalized spacial score (nSPS) is 12.4. The van der Waals surface area contributed by atoms with E-state index >= 15 is 0 Å². The van der Waals surface area contributed by atoms with Crippen molar-refractivity contribution in [2.75, 3.05) is 19.6 Å². The van der Waals surface area contributed by atoms with E-state index in [1.54, 1.807) is 11.3 Å². The number of aromatic nitrogens is 1. The second kappa shape index (κ2) is 11.5. The first-order chi connectivity index (χ1) is 11.6. The van der Waals surface area contributed by atoms with Gasteiger partial charge < -0.3 is 10.6 Å². The molecule has 0 fully saturated rings. The molecule has 1 unspecified atom stereocenters. The van der Waals surface area contributed by atoms with Crippen LogP contribution in [0.2, 0.25) is 0 Å². The van der Waals surface area contributed by atoms with Gasteiger partial charge in [0.2, 0.25) is 0 Å². The summed E-state index contributed by atoms with van der Waals surface area (Å²) in [5, 5.41) is 9.96. The lowest BCUT2D eigenvalue weighted by atomic mass is 10.00. The maximum Gasteiger partial charge on any atom is 0.191 e. The summed E-state index contributed by atoms with van der Waals surface area (Å²) < 4.78 is 0. The molecule has 6 heteroatoms. The first kappa shape index (κ1) is 21.9. The van der Waals surface area contributed by atoms with Crippen molar-refractivity contribution < 1.29 is 0 Å². The van der Waals surface area contributed by atoms with Gasteiger partial charge in [-0.25, -0.2) is 4.98 Å². The second-order valence-electron chi connectivity index (χ2n) is 6.07. The molecule has 0 aliphatic carbocycles. The van der Waals surface area contributed by atoms with Gasteiger partial charge in [0, 0.05) is 37.4 Å². The van der Waals surface area contributed by atoms with Gasteiger partial charge in [-0.15, -0.1) is 35.3 Å².